The normalized spacial score (nSPS) is 12.7. The van der Waals surface area contributed by atoms with Crippen molar-refractivity contribution < 1.29 is 4.39 Å². The first-order chi connectivity index (χ1) is 8.06. The molecule has 1 atom stereocenters. The van der Waals surface area contributed by atoms with E-state index >= 15 is 0 Å². The third-order valence-corrected chi connectivity index (χ3v) is 4.21. The Bertz CT molecular complexity index is 527. The average molecular weight is 362 g/mol. The summed E-state index contributed by atoms with van der Waals surface area (Å²) in [6.45, 7) is 1.97. The summed E-state index contributed by atoms with van der Waals surface area (Å²) in [6.07, 6.45) is 0.686. The molecule has 2 N–H and O–H groups in total. The van der Waals surface area contributed by atoms with E-state index in [0.29, 0.717) is 6.42 Å². The van der Waals surface area contributed by atoms with Crippen molar-refractivity contribution in [3.05, 3.63) is 49.2 Å². The molecule has 5 heteroatoms. The highest BCUT2D eigenvalue weighted by Gasteiger charge is 2.12. The minimum absolute atomic E-state index is 0.135. The van der Waals surface area contributed by atoms with Crippen LogP contribution < -0.4 is 5.73 Å². The topological polar surface area (TPSA) is 38.9 Å². The molecular weight excluding hydrogens is 350 g/mol. The molecule has 0 aliphatic rings. The highest BCUT2D eigenvalue weighted by Crippen LogP contribution is 2.23. The van der Waals surface area contributed by atoms with Crippen LogP contribution in [0.1, 0.15) is 22.3 Å². The van der Waals surface area contributed by atoms with Gasteiger partial charge in [0.2, 0.25) is 0 Å². The van der Waals surface area contributed by atoms with Gasteiger partial charge in [0.05, 0.1) is 10.7 Å². The molecule has 0 fully saturated rings. The van der Waals surface area contributed by atoms with E-state index in [9.17, 15) is 4.39 Å². The van der Waals surface area contributed by atoms with Crippen LogP contribution >= 0.6 is 33.9 Å². The second-order valence-corrected chi connectivity index (χ2v) is 6.06. The lowest BCUT2D eigenvalue weighted by molar-refractivity contribution is 0.622. The standard InChI is InChI=1S/C12H12FIN2S/c1-7-16-9(6-17-7)5-12(15)10-3-2-8(13)4-11(10)14/h2-4,6,12H,5,15H2,1H3. The molecule has 1 heterocycles. The number of aromatic nitrogens is 1. The number of halogens is 2. The number of benzene rings is 1. The van der Waals surface area contributed by atoms with Crippen molar-refractivity contribution in [2.24, 2.45) is 5.73 Å². The van der Waals surface area contributed by atoms with Crippen LogP contribution in [-0.4, -0.2) is 4.98 Å². The summed E-state index contributed by atoms with van der Waals surface area (Å²) in [5.41, 5.74) is 8.09. The van der Waals surface area contributed by atoms with Gasteiger partial charge in [-0.25, -0.2) is 9.37 Å². The van der Waals surface area contributed by atoms with E-state index in [-0.39, 0.29) is 11.9 Å². The maximum Gasteiger partial charge on any atom is 0.124 e. The van der Waals surface area contributed by atoms with E-state index in [1.54, 1.807) is 17.4 Å². The van der Waals surface area contributed by atoms with Gasteiger partial charge in [0, 0.05) is 21.4 Å². The number of nitrogens with two attached hydrogens (primary N) is 1. The SMILES string of the molecule is Cc1nc(CC(N)c2ccc(F)cc2I)cs1. The van der Waals surface area contributed by atoms with Gasteiger partial charge in [-0.1, -0.05) is 6.07 Å². The van der Waals surface area contributed by atoms with Crippen LogP contribution in [0.15, 0.2) is 23.6 Å². The Labute approximate surface area is 117 Å². The Balaban J connectivity index is 2.17. The van der Waals surface area contributed by atoms with Crippen LogP contribution in [0.25, 0.3) is 0 Å². The second-order valence-electron chi connectivity index (χ2n) is 3.83. The summed E-state index contributed by atoms with van der Waals surface area (Å²) in [6, 6.07) is 4.57. The van der Waals surface area contributed by atoms with Crippen LogP contribution in [0.4, 0.5) is 4.39 Å². The van der Waals surface area contributed by atoms with Crippen molar-refractivity contribution in [1.29, 1.82) is 0 Å². The van der Waals surface area contributed by atoms with Crippen LogP contribution in [-0.2, 0) is 6.42 Å². The molecule has 1 unspecified atom stereocenters. The highest BCUT2D eigenvalue weighted by molar-refractivity contribution is 14.1. The second kappa shape index (κ2) is 5.41. The fraction of sp³-hybridized carbons (Fsp3) is 0.250. The predicted octanol–water partition coefficient (Wildman–Crippen LogP) is 3.44. The zero-order valence-electron chi connectivity index (χ0n) is 9.28. The maximum absolute atomic E-state index is 13.0. The summed E-state index contributed by atoms with van der Waals surface area (Å²) in [5.74, 6) is -0.227. The monoisotopic (exact) mass is 362 g/mol. The lowest BCUT2D eigenvalue weighted by Crippen LogP contribution is -2.15. The van der Waals surface area contributed by atoms with Crippen molar-refractivity contribution in [2.75, 3.05) is 0 Å². The number of hydrogen-bond donors (Lipinski definition) is 1. The van der Waals surface area contributed by atoms with Gasteiger partial charge in [0.15, 0.2) is 0 Å². The van der Waals surface area contributed by atoms with Crippen molar-refractivity contribution in [1.82, 2.24) is 4.98 Å². The summed E-state index contributed by atoms with van der Waals surface area (Å²) >= 11 is 3.73. The van der Waals surface area contributed by atoms with Crippen molar-refractivity contribution >= 4 is 33.9 Å². The fourth-order valence-electron chi connectivity index (χ4n) is 1.64. The number of thiazole rings is 1. The van der Waals surface area contributed by atoms with Gasteiger partial charge in [-0.05, 0) is 47.2 Å². The molecule has 0 aliphatic heterocycles. The first-order valence-electron chi connectivity index (χ1n) is 5.18. The Morgan fingerprint density at radius 2 is 2.29 bits per heavy atom. The first kappa shape index (κ1) is 12.9. The molecule has 90 valence electrons. The summed E-state index contributed by atoms with van der Waals surface area (Å²) in [7, 11) is 0. The molecule has 2 rings (SSSR count). The van der Waals surface area contributed by atoms with E-state index in [1.807, 2.05) is 12.3 Å². The average Bonchev–Trinajstić information content (AvgIpc) is 2.63. The van der Waals surface area contributed by atoms with Crippen molar-refractivity contribution in [3.8, 4) is 0 Å². The molecule has 0 saturated heterocycles. The lowest BCUT2D eigenvalue weighted by Gasteiger charge is -2.12. The van der Waals surface area contributed by atoms with Gasteiger partial charge in [-0.15, -0.1) is 11.3 Å². The molecule has 0 amide bonds. The van der Waals surface area contributed by atoms with Crippen LogP contribution in [0.5, 0.6) is 0 Å². The van der Waals surface area contributed by atoms with Crippen LogP contribution in [0.3, 0.4) is 0 Å². The van der Waals surface area contributed by atoms with E-state index < -0.39 is 0 Å². The summed E-state index contributed by atoms with van der Waals surface area (Å²) in [5, 5.41) is 3.06. The van der Waals surface area contributed by atoms with Gasteiger partial charge in [0.25, 0.3) is 0 Å². The van der Waals surface area contributed by atoms with E-state index in [2.05, 4.69) is 27.6 Å². The molecule has 17 heavy (non-hydrogen) atoms. The maximum atomic E-state index is 13.0. The minimum atomic E-state index is -0.227. The number of aryl methyl sites for hydroxylation is 1. The zero-order chi connectivity index (χ0) is 12.4. The Morgan fingerprint density at radius 1 is 1.53 bits per heavy atom. The molecule has 2 aromatic rings. The predicted molar refractivity (Wildman–Crippen MR) is 76.6 cm³/mol. The molecule has 0 radical (unpaired) electrons. The number of nitrogens with zero attached hydrogens (tertiary/aromatic N) is 1. The third kappa shape index (κ3) is 3.23. The number of hydrogen-bond acceptors (Lipinski definition) is 3. The molecule has 0 aliphatic carbocycles. The van der Waals surface area contributed by atoms with Crippen molar-refractivity contribution in [2.45, 2.75) is 19.4 Å². The van der Waals surface area contributed by atoms with Gasteiger partial charge < -0.3 is 5.73 Å². The molecule has 0 bridgehead atoms. The summed E-state index contributed by atoms with van der Waals surface area (Å²) < 4.78 is 13.8. The Hall–Kier alpha value is -0.530. The van der Waals surface area contributed by atoms with Crippen molar-refractivity contribution in [3.63, 3.8) is 0 Å². The molecule has 0 saturated carbocycles. The first-order valence-corrected chi connectivity index (χ1v) is 7.13. The van der Waals surface area contributed by atoms with E-state index in [1.165, 1.54) is 12.1 Å². The van der Waals surface area contributed by atoms with E-state index in [4.69, 9.17) is 5.73 Å². The van der Waals surface area contributed by atoms with Gasteiger partial charge in [-0.3, -0.25) is 0 Å². The van der Waals surface area contributed by atoms with E-state index in [0.717, 1.165) is 19.8 Å². The minimum Gasteiger partial charge on any atom is -0.324 e. The molecule has 2 nitrogen and oxygen atoms in total. The van der Waals surface area contributed by atoms with Gasteiger partial charge >= 0.3 is 0 Å². The van der Waals surface area contributed by atoms with Gasteiger partial charge in [-0.2, -0.15) is 0 Å². The van der Waals surface area contributed by atoms with Crippen LogP contribution in [0, 0.1) is 16.3 Å². The van der Waals surface area contributed by atoms with Crippen LogP contribution in [0.2, 0.25) is 0 Å². The zero-order valence-corrected chi connectivity index (χ0v) is 12.3. The Morgan fingerprint density at radius 3 is 2.88 bits per heavy atom. The molecular formula is C12H12FIN2S. The molecule has 1 aromatic heterocycles. The fourth-order valence-corrected chi connectivity index (χ4v) is 3.14. The Kier molecular flexibility index (Phi) is 4.11. The molecule has 0 spiro atoms. The lowest BCUT2D eigenvalue weighted by atomic mass is 10.0. The third-order valence-electron chi connectivity index (χ3n) is 2.46. The quantitative estimate of drug-likeness (QED) is 0.850. The van der Waals surface area contributed by atoms with Gasteiger partial charge in [0.1, 0.15) is 5.82 Å². The largest absolute Gasteiger partial charge is 0.324 e. The number of rotatable bonds is 3. The smallest absolute Gasteiger partial charge is 0.124 e. The highest BCUT2D eigenvalue weighted by atomic mass is 127. The molecule has 1 aromatic carbocycles. The summed E-state index contributed by atoms with van der Waals surface area (Å²) in [4.78, 5) is 4.39.